The number of likely N-dealkylation sites (N-methyl/N-ethyl adjacent to an activating group) is 1. The van der Waals surface area contributed by atoms with Crippen molar-refractivity contribution in [1.29, 1.82) is 0 Å². The maximum atomic E-state index is 12.1. The van der Waals surface area contributed by atoms with Gasteiger partial charge in [0.25, 0.3) is 0 Å². The van der Waals surface area contributed by atoms with E-state index in [4.69, 9.17) is 4.52 Å². The average molecular weight is 362 g/mol. The van der Waals surface area contributed by atoms with Gasteiger partial charge in [0.2, 0.25) is 11.8 Å². The molecule has 1 amide bonds. The first kappa shape index (κ1) is 19.5. The zero-order valence-corrected chi connectivity index (χ0v) is 16.1. The summed E-state index contributed by atoms with van der Waals surface area (Å²) in [4.78, 5) is 18.3. The molecule has 25 heavy (non-hydrogen) atoms. The Morgan fingerprint density at radius 3 is 2.60 bits per heavy atom. The lowest BCUT2D eigenvalue weighted by Crippen LogP contribution is -2.35. The van der Waals surface area contributed by atoms with E-state index in [-0.39, 0.29) is 11.9 Å². The first-order valence-electron chi connectivity index (χ1n) is 8.38. The van der Waals surface area contributed by atoms with Crippen molar-refractivity contribution in [2.75, 3.05) is 26.4 Å². The van der Waals surface area contributed by atoms with Crippen LogP contribution >= 0.6 is 11.8 Å². The molecule has 136 valence electrons. The molecule has 1 aromatic carbocycles. The summed E-state index contributed by atoms with van der Waals surface area (Å²) in [7, 11) is 4.05. The zero-order valence-electron chi connectivity index (χ0n) is 15.3. The maximum Gasteiger partial charge on any atom is 0.230 e. The van der Waals surface area contributed by atoms with E-state index in [1.165, 1.54) is 22.9 Å². The van der Waals surface area contributed by atoms with Gasteiger partial charge in [0.15, 0.2) is 5.82 Å². The van der Waals surface area contributed by atoms with Crippen LogP contribution in [0.2, 0.25) is 0 Å². The number of benzene rings is 1. The lowest BCUT2D eigenvalue weighted by molar-refractivity contribution is -0.118. The smallest absolute Gasteiger partial charge is 0.230 e. The number of aryl methyl sites for hydroxylation is 2. The molecule has 6 nitrogen and oxygen atoms in total. The minimum absolute atomic E-state index is 0.0160. The fraction of sp³-hybridized carbons (Fsp3) is 0.500. The quantitative estimate of drug-likeness (QED) is 0.739. The molecule has 7 heteroatoms. The summed E-state index contributed by atoms with van der Waals surface area (Å²) in [5.74, 6) is 2.13. The van der Waals surface area contributed by atoms with Crippen molar-refractivity contribution in [3.63, 3.8) is 0 Å². The predicted molar refractivity (Wildman–Crippen MR) is 100 cm³/mol. The molecular weight excluding hydrogens is 336 g/mol. The van der Waals surface area contributed by atoms with E-state index in [1.807, 2.05) is 14.1 Å². The fourth-order valence-electron chi connectivity index (χ4n) is 2.47. The van der Waals surface area contributed by atoms with Crippen LogP contribution in [0, 0.1) is 6.92 Å². The second-order valence-corrected chi connectivity index (χ2v) is 7.09. The molecule has 0 fully saturated rings. The molecule has 2 aromatic rings. The molecule has 0 saturated carbocycles. The van der Waals surface area contributed by atoms with E-state index in [2.05, 4.69) is 51.5 Å². The molecule has 0 aliphatic rings. The lowest BCUT2D eigenvalue weighted by Gasteiger charge is -2.25. The van der Waals surface area contributed by atoms with E-state index in [9.17, 15) is 4.79 Å². The third-order valence-corrected chi connectivity index (χ3v) is 4.85. The van der Waals surface area contributed by atoms with Crippen LogP contribution in [0.3, 0.4) is 0 Å². The van der Waals surface area contributed by atoms with Crippen molar-refractivity contribution in [1.82, 2.24) is 20.4 Å². The van der Waals surface area contributed by atoms with Crippen LogP contribution in [0.5, 0.6) is 0 Å². The van der Waals surface area contributed by atoms with Gasteiger partial charge in [-0.25, -0.2) is 0 Å². The highest BCUT2D eigenvalue weighted by molar-refractivity contribution is 7.99. The Balaban J connectivity index is 1.80. The summed E-state index contributed by atoms with van der Waals surface area (Å²) in [6.45, 7) is 4.48. The molecule has 0 spiro atoms. The van der Waals surface area contributed by atoms with Gasteiger partial charge in [-0.15, -0.1) is 11.8 Å². The summed E-state index contributed by atoms with van der Waals surface area (Å²) in [6.07, 6.45) is 1.03. The van der Waals surface area contributed by atoms with Crippen molar-refractivity contribution >= 4 is 17.7 Å². The van der Waals surface area contributed by atoms with Crippen LogP contribution in [-0.2, 0) is 17.0 Å². The zero-order chi connectivity index (χ0) is 18.2. The Morgan fingerprint density at radius 1 is 1.32 bits per heavy atom. The van der Waals surface area contributed by atoms with Gasteiger partial charge in [0.1, 0.15) is 0 Å². The Morgan fingerprint density at radius 2 is 2.04 bits per heavy atom. The van der Waals surface area contributed by atoms with Crippen molar-refractivity contribution in [3.8, 4) is 0 Å². The molecule has 0 aliphatic carbocycles. The number of hydrogen-bond acceptors (Lipinski definition) is 6. The molecule has 1 unspecified atom stereocenters. The third-order valence-electron chi connectivity index (χ3n) is 3.92. The van der Waals surface area contributed by atoms with E-state index < -0.39 is 0 Å². The number of thioether (sulfide) groups is 1. The van der Waals surface area contributed by atoms with Gasteiger partial charge in [0.05, 0.1) is 17.5 Å². The number of amides is 1. The summed E-state index contributed by atoms with van der Waals surface area (Å²) >= 11 is 1.48. The number of nitrogens with zero attached hydrogens (tertiary/aromatic N) is 3. The second kappa shape index (κ2) is 9.58. The minimum atomic E-state index is 0.0160. The van der Waals surface area contributed by atoms with Crippen LogP contribution in [0.1, 0.15) is 35.8 Å². The molecule has 0 radical (unpaired) electrons. The van der Waals surface area contributed by atoms with Crippen molar-refractivity contribution < 1.29 is 9.32 Å². The highest BCUT2D eigenvalue weighted by atomic mass is 32.2. The molecule has 0 aliphatic heterocycles. The third kappa shape index (κ3) is 6.17. The maximum absolute atomic E-state index is 12.1. The predicted octanol–water partition coefficient (Wildman–Crippen LogP) is 2.59. The van der Waals surface area contributed by atoms with Crippen LogP contribution in [-0.4, -0.2) is 47.3 Å². The van der Waals surface area contributed by atoms with Crippen molar-refractivity contribution in [2.24, 2.45) is 0 Å². The normalized spacial score (nSPS) is 12.4. The first-order valence-corrected chi connectivity index (χ1v) is 9.54. The van der Waals surface area contributed by atoms with E-state index in [0.29, 0.717) is 29.8 Å². The molecule has 0 bridgehead atoms. The second-order valence-electron chi connectivity index (χ2n) is 6.10. The molecule has 0 saturated heterocycles. The van der Waals surface area contributed by atoms with Gasteiger partial charge in [-0.05, 0) is 31.6 Å². The van der Waals surface area contributed by atoms with Crippen LogP contribution in [0.15, 0.2) is 28.8 Å². The highest BCUT2D eigenvalue weighted by Crippen LogP contribution is 2.18. The minimum Gasteiger partial charge on any atom is -0.353 e. The van der Waals surface area contributed by atoms with Crippen LogP contribution in [0.4, 0.5) is 0 Å². The Kier molecular flexibility index (Phi) is 7.46. The van der Waals surface area contributed by atoms with Gasteiger partial charge in [-0.2, -0.15) is 4.98 Å². The van der Waals surface area contributed by atoms with Crippen molar-refractivity contribution in [3.05, 3.63) is 47.1 Å². The first-order chi connectivity index (χ1) is 12.0. The number of carbonyl (C=O) groups excluding carboxylic acids is 1. The molecule has 1 N–H and O–H groups in total. The van der Waals surface area contributed by atoms with Gasteiger partial charge < -0.3 is 14.7 Å². The molecule has 1 aromatic heterocycles. The highest BCUT2D eigenvalue weighted by Gasteiger charge is 2.15. The average Bonchev–Trinajstić information content (AvgIpc) is 3.00. The van der Waals surface area contributed by atoms with E-state index in [1.54, 1.807) is 6.92 Å². The Bertz CT molecular complexity index is 670. The number of nitrogens with one attached hydrogen (secondary N) is 1. The number of rotatable bonds is 9. The van der Waals surface area contributed by atoms with Gasteiger partial charge in [0, 0.05) is 13.5 Å². The largest absolute Gasteiger partial charge is 0.353 e. The topological polar surface area (TPSA) is 71.3 Å². The standard InChI is InChI=1S/C18H26N4O2S/c1-5-14-6-8-15(9-7-14)16(22(3)4)10-19-18(23)12-25-11-17-20-13(2)24-21-17/h6-9,16H,5,10-12H2,1-4H3,(H,19,23). The number of hydrogen-bond donors (Lipinski definition) is 1. The van der Waals surface area contributed by atoms with E-state index >= 15 is 0 Å². The summed E-state index contributed by atoms with van der Waals surface area (Å²) in [6, 6.07) is 8.73. The van der Waals surface area contributed by atoms with E-state index in [0.717, 1.165) is 6.42 Å². The van der Waals surface area contributed by atoms with Gasteiger partial charge >= 0.3 is 0 Å². The van der Waals surface area contributed by atoms with Crippen LogP contribution in [0.25, 0.3) is 0 Å². The molecular formula is C18H26N4O2S. The summed E-state index contributed by atoms with van der Waals surface area (Å²) < 4.78 is 4.91. The Labute approximate surface area is 153 Å². The van der Waals surface area contributed by atoms with Crippen molar-refractivity contribution in [2.45, 2.75) is 32.1 Å². The van der Waals surface area contributed by atoms with Gasteiger partial charge in [-0.1, -0.05) is 36.3 Å². The molecule has 2 rings (SSSR count). The fourth-order valence-corrected chi connectivity index (χ4v) is 3.16. The molecule has 1 heterocycles. The summed E-state index contributed by atoms with van der Waals surface area (Å²) in [5.41, 5.74) is 2.52. The number of aromatic nitrogens is 2. The van der Waals surface area contributed by atoms with Crippen LogP contribution < -0.4 is 5.32 Å². The molecule has 1 atom stereocenters. The monoisotopic (exact) mass is 362 g/mol. The van der Waals surface area contributed by atoms with Gasteiger partial charge in [-0.3, -0.25) is 4.79 Å². The SMILES string of the molecule is CCc1ccc(C(CNC(=O)CSCc2noc(C)n2)N(C)C)cc1. The Hall–Kier alpha value is -1.86. The lowest BCUT2D eigenvalue weighted by atomic mass is 10.0. The number of carbonyl (C=O) groups is 1. The summed E-state index contributed by atoms with van der Waals surface area (Å²) in [5, 5.41) is 6.84.